The van der Waals surface area contributed by atoms with Gasteiger partial charge in [0.05, 0.1) is 17.2 Å². The molecule has 1 aromatic heterocycles. The van der Waals surface area contributed by atoms with Crippen LogP contribution in [-0.2, 0) is 16.6 Å². The van der Waals surface area contributed by atoms with E-state index >= 15 is 0 Å². The Hall–Kier alpha value is -1.96. The summed E-state index contributed by atoms with van der Waals surface area (Å²) in [6.07, 6.45) is 4.71. The number of aromatic nitrogens is 1. The zero-order valence-electron chi connectivity index (χ0n) is 17.3. The van der Waals surface area contributed by atoms with Gasteiger partial charge in [-0.25, -0.2) is 13.1 Å². The third kappa shape index (κ3) is 6.26. The van der Waals surface area contributed by atoms with Crippen molar-refractivity contribution in [1.82, 2.24) is 14.6 Å². The van der Waals surface area contributed by atoms with Crippen LogP contribution >= 0.6 is 0 Å². The van der Waals surface area contributed by atoms with Gasteiger partial charge in [-0.3, -0.25) is 9.88 Å². The van der Waals surface area contributed by atoms with Gasteiger partial charge in [0.25, 0.3) is 0 Å². The minimum Gasteiger partial charge on any atom is -0.493 e. The molecule has 1 aliphatic rings. The average Bonchev–Trinajstić information content (AvgIpc) is 2.73. The fourth-order valence-corrected chi connectivity index (χ4v) is 4.74. The maximum atomic E-state index is 12.7. The molecule has 0 radical (unpaired) electrons. The molecule has 0 aliphatic carbocycles. The molecule has 0 saturated carbocycles. The van der Waals surface area contributed by atoms with E-state index in [1.165, 1.54) is 0 Å². The predicted octanol–water partition coefficient (Wildman–Crippen LogP) is 3.37. The number of likely N-dealkylation sites (tertiary alicyclic amines) is 1. The second-order valence-corrected chi connectivity index (χ2v) is 9.44. The van der Waals surface area contributed by atoms with Gasteiger partial charge in [0.15, 0.2) is 0 Å². The third-order valence-corrected chi connectivity index (χ3v) is 6.72. The number of pyridine rings is 1. The first-order valence-electron chi connectivity index (χ1n) is 10.3. The highest BCUT2D eigenvalue weighted by Gasteiger charge is 2.22. The Morgan fingerprint density at radius 2 is 2.00 bits per heavy atom. The molecule has 7 heteroatoms. The fraction of sp³-hybridized carbons (Fsp3) is 0.500. The van der Waals surface area contributed by atoms with Crippen LogP contribution in [-0.4, -0.2) is 44.5 Å². The van der Waals surface area contributed by atoms with E-state index in [0.717, 1.165) is 55.9 Å². The van der Waals surface area contributed by atoms with Crippen molar-refractivity contribution in [1.29, 1.82) is 0 Å². The van der Waals surface area contributed by atoms with Crippen molar-refractivity contribution in [3.63, 3.8) is 0 Å². The molecule has 0 amide bonds. The lowest BCUT2D eigenvalue weighted by Gasteiger charge is -2.31. The van der Waals surface area contributed by atoms with Gasteiger partial charge >= 0.3 is 0 Å². The van der Waals surface area contributed by atoms with Crippen LogP contribution in [0.25, 0.3) is 0 Å². The molecule has 0 unspecified atom stereocenters. The quantitative estimate of drug-likeness (QED) is 0.677. The Morgan fingerprint density at radius 3 is 2.66 bits per heavy atom. The molecule has 1 aromatic carbocycles. The Kier molecular flexibility index (Phi) is 7.64. The van der Waals surface area contributed by atoms with E-state index < -0.39 is 10.0 Å². The summed E-state index contributed by atoms with van der Waals surface area (Å²) in [5, 5.41) is 0. The summed E-state index contributed by atoms with van der Waals surface area (Å²) in [4.78, 5) is 7.06. The second kappa shape index (κ2) is 10.2. The van der Waals surface area contributed by atoms with E-state index in [9.17, 15) is 8.42 Å². The number of benzene rings is 1. The van der Waals surface area contributed by atoms with Crippen LogP contribution in [0.4, 0.5) is 0 Å². The number of aryl methyl sites for hydroxylation is 1. The van der Waals surface area contributed by atoms with E-state index in [1.54, 1.807) is 18.2 Å². The summed E-state index contributed by atoms with van der Waals surface area (Å²) in [7, 11) is -3.51. The third-order valence-electron chi connectivity index (χ3n) is 5.30. The van der Waals surface area contributed by atoms with Gasteiger partial charge in [-0.05, 0) is 81.1 Å². The minimum absolute atomic E-state index is 0.298. The molecule has 3 rings (SSSR count). The summed E-state index contributed by atoms with van der Waals surface area (Å²) in [6, 6.07) is 11.0. The van der Waals surface area contributed by atoms with Gasteiger partial charge in [-0.15, -0.1) is 0 Å². The number of ether oxygens (including phenoxy) is 1. The molecule has 0 atom stereocenters. The van der Waals surface area contributed by atoms with Crippen molar-refractivity contribution in [3.05, 3.63) is 53.9 Å². The van der Waals surface area contributed by atoms with Crippen molar-refractivity contribution in [2.24, 2.45) is 5.92 Å². The molecule has 0 bridgehead atoms. The number of nitrogens with one attached hydrogen (secondary N) is 1. The van der Waals surface area contributed by atoms with Crippen LogP contribution in [0.3, 0.4) is 0 Å². The fourth-order valence-electron chi connectivity index (χ4n) is 3.54. The van der Waals surface area contributed by atoms with E-state index in [1.807, 2.05) is 38.2 Å². The first kappa shape index (κ1) is 21.7. The van der Waals surface area contributed by atoms with Gasteiger partial charge in [0.1, 0.15) is 5.75 Å². The molecule has 1 N–H and O–H groups in total. The summed E-state index contributed by atoms with van der Waals surface area (Å²) in [5.74, 6) is 1.10. The van der Waals surface area contributed by atoms with E-state index in [0.29, 0.717) is 24.0 Å². The summed E-state index contributed by atoms with van der Waals surface area (Å²) < 4.78 is 33.8. The van der Waals surface area contributed by atoms with Crippen LogP contribution in [0.1, 0.15) is 37.4 Å². The number of hydrogen-bond donors (Lipinski definition) is 1. The predicted molar refractivity (Wildman–Crippen MR) is 114 cm³/mol. The van der Waals surface area contributed by atoms with Crippen molar-refractivity contribution < 1.29 is 13.2 Å². The lowest BCUT2D eigenvalue weighted by molar-refractivity contribution is 0.177. The zero-order chi connectivity index (χ0) is 20.7. The number of sulfonamides is 1. The second-order valence-electron chi connectivity index (χ2n) is 7.67. The van der Waals surface area contributed by atoms with Crippen LogP contribution < -0.4 is 9.46 Å². The molecule has 6 nitrogen and oxygen atoms in total. The SMILES string of the molecule is CCCOc1ccc(S(=O)(=O)NCC2CCN(Cc3ccccn3)CC2)cc1C. The van der Waals surface area contributed by atoms with Gasteiger partial charge in [0, 0.05) is 19.3 Å². The Morgan fingerprint density at radius 1 is 1.21 bits per heavy atom. The van der Waals surface area contributed by atoms with Gasteiger partial charge in [-0.1, -0.05) is 13.0 Å². The Labute approximate surface area is 174 Å². The summed E-state index contributed by atoms with van der Waals surface area (Å²) in [5.41, 5.74) is 1.91. The standard InChI is InChI=1S/C22H31N3O3S/c1-3-14-28-22-8-7-21(15-18(22)2)29(26,27)24-16-19-9-12-25(13-10-19)17-20-6-4-5-11-23-20/h4-8,11,15,19,24H,3,9-10,12-14,16-17H2,1-2H3. The number of nitrogens with zero attached hydrogens (tertiary/aromatic N) is 2. The molecule has 29 heavy (non-hydrogen) atoms. The molecular formula is C22H31N3O3S. The number of rotatable bonds is 9. The Bertz CT molecular complexity index is 879. The molecule has 1 aliphatic heterocycles. The molecule has 0 spiro atoms. The maximum absolute atomic E-state index is 12.7. The van der Waals surface area contributed by atoms with Gasteiger partial charge < -0.3 is 4.74 Å². The highest BCUT2D eigenvalue weighted by Crippen LogP contribution is 2.23. The molecule has 1 saturated heterocycles. The monoisotopic (exact) mass is 417 g/mol. The van der Waals surface area contributed by atoms with Crippen LogP contribution in [0.2, 0.25) is 0 Å². The lowest BCUT2D eigenvalue weighted by atomic mass is 9.97. The first-order valence-corrected chi connectivity index (χ1v) is 11.8. The average molecular weight is 418 g/mol. The summed E-state index contributed by atoms with van der Waals surface area (Å²) in [6.45, 7) is 7.81. The number of hydrogen-bond acceptors (Lipinski definition) is 5. The van der Waals surface area contributed by atoms with Crippen LogP contribution in [0.15, 0.2) is 47.5 Å². The van der Waals surface area contributed by atoms with Gasteiger partial charge in [-0.2, -0.15) is 0 Å². The minimum atomic E-state index is -3.51. The van der Waals surface area contributed by atoms with Crippen molar-refractivity contribution in [3.8, 4) is 5.75 Å². The smallest absolute Gasteiger partial charge is 0.240 e. The van der Waals surface area contributed by atoms with Crippen LogP contribution in [0, 0.1) is 12.8 Å². The maximum Gasteiger partial charge on any atom is 0.240 e. The van der Waals surface area contributed by atoms with E-state index in [2.05, 4.69) is 14.6 Å². The molecule has 1 fully saturated rings. The largest absolute Gasteiger partial charge is 0.493 e. The first-order chi connectivity index (χ1) is 14.0. The van der Waals surface area contributed by atoms with E-state index in [4.69, 9.17) is 4.74 Å². The van der Waals surface area contributed by atoms with Gasteiger partial charge in [0.2, 0.25) is 10.0 Å². The zero-order valence-corrected chi connectivity index (χ0v) is 18.1. The summed E-state index contributed by atoms with van der Waals surface area (Å²) >= 11 is 0. The molecule has 2 aromatic rings. The molecule has 2 heterocycles. The highest BCUT2D eigenvalue weighted by molar-refractivity contribution is 7.89. The Balaban J connectivity index is 1.49. The van der Waals surface area contributed by atoms with Crippen LogP contribution in [0.5, 0.6) is 5.75 Å². The number of piperidine rings is 1. The highest BCUT2D eigenvalue weighted by atomic mass is 32.2. The van der Waals surface area contributed by atoms with Crippen molar-refractivity contribution >= 4 is 10.0 Å². The topological polar surface area (TPSA) is 71.5 Å². The molecule has 158 valence electrons. The molecular weight excluding hydrogens is 386 g/mol. The van der Waals surface area contributed by atoms with E-state index in [-0.39, 0.29) is 0 Å². The van der Waals surface area contributed by atoms with Crippen molar-refractivity contribution in [2.75, 3.05) is 26.2 Å². The van der Waals surface area contributed by atoms with Crippen molar-refractivity contribution in [2.45, 2.75) is 44.6 Å². The normalized spacial score (nSPS) is 16.1. The lowest BCUT2D eigenvalue weighted by Crippen LogP contribution is -2.38.